The van der Waals surface area contributed by atoms with Crippen LogP contribution in [0.3, 0.4) is 0 Å². The van der Waals surface area contributed by atoms with E-state index in [1.54, 1.807) is 12.2 Å². The Balaban J connectivity index is 1.29. The van der Waals surface area contributed by atoms with Crippen LogP contribution < -0.4 is 5.32 Å². The predicted octanol–water partition coefficient (Wildman–Crippen LogP) is 5.58. The summed E-state index contributed by atoms with van der Waals surface area (Å²) < 4.78 is 18.8. The van der Waals surface area contributed by atoms with Crippen LogP contribution in [0.25, 0.3) is 17.2 Å². The number of ether oxygens (including phenoxy) is 1. The highest BCUT2D eigenvalue weighted by atomic mass is 19.1. The summed E-state index contributed by atoms with van der Waals surface area (Å²) in [6, 6.07) is 20.4. The van der Waals surface area contributed by atoms with Crippen molar-refractivity contribution >= 4 is 18.5 Å². The van der Waals surface area contributed by atoms with Gasteiger partial charge in [0.15, 0.2) is 6.29 Å². The van der Waals surface area contributed by atoms with Crippen molar-refractivity contribution in [1.82, 2.24) is 5.32 Å². The molecule has 31 heavy (non-hydrogen) atoms. The zero-order chi connectivity index (χ0) is 21.6. The minimum Gasteiger partial charge on any atom is -0.449 e. The number of carbonyl (C=O) groups is 2. The predicted molar refractivity (Wildman–Crippen MR) is 119 cm³/mol. The Hall–Kier alpha value is -3.73. The zero-order valence-corrected chi connectivity index (χ0v) is 16.9. The second kappa shape index (κ2) is 9.39. The molecule has 1 aliphatic rings. The van der Waals surface area contributed by atoms with Crippen molar-refractivity contribution in [2.24, 2.45) is 0 Å². The lowest BCUT2D eigenvalue weighted by Crippen LogP contribution is -2.26. The molecule has 0 spiro atoms. The molecule has 0 heterocycles. The van der Waals surface area contributed by atoms with Crippen LogP contribution in [0.4, 0.5) is 9.18 Å². The van der Waals surface area contributed by atoms with E-state index in [0.29, 0.717) is 30.4 Å². The van der Waals surface area contributed by atoms with Gasteiger partial charge < -0.3 is 10.1 Å². The Labute approximate surface area is 180 Å². The molecular formula is C26H22FNO3. The Bertz CT molecular complexity index is 1090. The Morgan fingerprint density at radius 1 is 0.968 bits per heavy atom. The van der Waals surface area contributed by atoms with E-state index in [0.717, 1.165) is 0 Å². The van der Waals surface area contributed by atoms with E-state index in [1.807, 2.05) is 24.3 Å². The molecule has 3 aromatic rings. The van der Waals surface area contributed by atoms with Gasteiger partial charge in [0, 0.05) is 18.0 Å². The van der Waals surface area contributed by atoms with Crippen molar-refractivity contribution in [2.75, 3.05) is 13.2 Å². The molecule has 1 amide bonds. The number of benzene rings is 3. The standard InChI is InChI=1S/C26H22FNO3/c27-20-13-12-19(16-29)18(15-20)7-5-6-14-28-26(30)31-17-25-23-10-3-1-8-21(23)22-9-2-4-11-24(22)25/h1-5,7-13,15-16,25H,6,14,17H2,(H,28,30). The van der Waals surface area contributed by atoms with Crippen LogP contribution in [-0.4, -0.2) is 25.5 Å². The molecule has 156 valence electrons. The minimum absolute atomic E-state index is 0.0211. The summed E-state index contributed by atoms with van der Waals surface area (Å²) in [5.74, 6) is -0.380. The highest BCUT2D eigenvalue weighted by Crippen LogP contribution is 2.44. The second-order valence-corrected chi connectivity index (χ2v) is 7.33. The molecule has 0 aliphatic heterocycles. The highest BCUT2D eigenvalue weighted by Gasteiger charge is 2.28. The van der Waals surface area contributed by atoms with E-state index in [2.05, 4.69) is 29.6 Å². The van der Waals surface area contributed by atoms with Gasteiger partial charge in [-0.2, -0.15) is 0 Å². The number of hydrogen-bond acceptors (Lipinski definition) is 3. The van der Waals surface area contributed by atoms with Crippen molar-refractivity contribution < 1.29 is 18.7 Å². The lowest BCUT2D eigenvalue weighted by molar-refractivity contribution is 0.112. The molecule has 0 aromatic heterocycles. The number of amides is 1. The van der Waals surface area contributed by atoms with E-state index in [-0.39, 0.29) is 12.5 Å². The summed E-state index contributed by atoms with van der Waals surface area (Å²) in [6.07, 6.45) is 4.19. The first-order chi connectivity index (χ1) is 15.2. The van der Waals surface area contributed by atoms with Gasteiger partial charge in [0.05, 0.1) is 0 Å². The Kier molecular flexibility index (Phi) is 6.22. The van der Waals surface area contributed by atoms with Gasteiger partial charge in [0.25, 0.3) is 0 Å². The molecule has 1 aliphatic carbocycles. The van der Waals surface area contributed by atoms with Gasteiger partial charge in [-0.1, -0.05) is 60.7 Å². The van der Waals surface area contributed by atoms with Crippen molar-refractivity contribution in [3.63, 3.8) is 0 Å². The molecule has 0 fully saturated rings. The van der Waals surface area contributed by atoms with Gasteiger partial charge in [-0.25, -0.2) is 9.18 Å². The monoisotopic (exact) mass is 415 g/mol. The van der Waals surface area contributed by atoms with Crippen LogP contribution in [0, 0.1) is 5.82 Å². The molecule has 0 radical (unpaired) electrons. The van der Waals surface area contributed by atoms with Crippen LogP contribution >= 0.6 is 0 Å². The smallest absolute Gasteiger partial charge is 0.407 e. The van der Waals surface area contributed by atoms with Crippen molar-refractivity contribution in [3.8, 4) is 11.1 Å². The van der Waals surface area contributed by atoms with E-state index in [1.165, 1.54) is 40.5 Å². The molecular weight excluding hydrogens is 393 g/mol. The van der Waals surface area contributed by atoms with Gasteiger partial charge in [-0.05, 0) is 52.4 Å². The Morgan fingerprint density at radius 3 is 2.32 bits per heavy atom. The number of alkyl carbamates (subject to hydrolysis) is 1. The quantitative estimate of drug-likeness (QED) is 0.405. The maximum atomic E-state index is 13.3. The summed E-state index contributed by atoms with van der Waals surface area (Å²) in [5.41, 5.74) is 5.63. The van der Waals surface area contributed by atoms with Crippen molar-refractivity contribution in [2.45, 2.75) is 12.3 Å². The summed E-state index contributed by atoms with van der Waals surface area (Å²) in [4.78, 5) is 23.2. The molecule has 3 aromatic carbocycles. The number of fused-ring (bicyclic) bond motifs is 3. The third-order valence-corrected chi connectivity index (χ3v) is 5.40. The lowest BCUT2D eigenvalue weighted by atomic mass is 9.98. The first-order valence-electron chi connectivity index (χ1n) is 10.2. The van der Waals surface area contributed by atoms with Crippen LogP contribution in [0.15, 0.2) is 72.8 Å². The number of hydrogen-bond donors (Lipinski definition) is 1. The summed E-state index contributed by atoms with van der Waals surface area (Å²) in [5, 5.41) is 2.72. The largest absolute Gasteiger partial charge is 0.449 e. The maximum absolute atomic E-state index is 13.3. The maximum Gasteiger partial charge on any atom is 0.407 e. The first kappa shape index (κ1) is 20.5. The van der Waals surface area contributed by atoms with E-state index < -0.39 is 11.9 Å². The van der Waals surface area contributed by atoms with Crippen LogP contribution in [0.1, 0.15) is 39.4 Å². The van der Waals surface area contributed by atoms with Gasteiger partial charge >= 0.3 is 6.09 Å². The fourth-order valence-corrected chi connectivity index (χ4v) is 3.91. The highest BCUT2D eigenvalue weighted by molar-refractivity contribution is 5.82. The normalized spacial score (nSPS) is 12.4. The van der Waals surface area contributed by atoms with Crippen LogP contribution in [0.2, 0.25) is 0 Å². The lowest BCUT2D eigenvalue weighted by Gasteiger charge is -2.14. The third-order valence-electron chi connectivity index (χ3n) is 5.40. The minimum atomic E-state index is -0.477. The first-order valence-corrected chi connectivity index (χ1v) is 10.2. The molecule has 0 saturated carbocycles. The van der Waals surface area contributed by atoms with E-state index in [9.17, 15) is 14.0 Å². The summed E-state index contributed by atoms with van der Waals surface area (Å²) in [6.45, 7) is 0.639. The zero-order valence-electron chi connectivity index (χ0n) is 16.9. The molecule has 0 saturated heterocycles. The molecule has 1 N–H and O–H groups in total. The van der Waals surface area contributed by atoms with Crippen molar-refractivity contribution in [1.29, 1.82) is 0 Å². The van der Waals surface area contributed by atoms with Gasteiger partial charge in [-0.15, -0.1) is 0 Å². The fourth-order valence-electron chi connectivity index (χ4n) is 3.91. The molecule has 0 bridgehead atoms. The van der Waals surface area contributed by atoms with Crippen LogP contribution in [0.5, 0.6) is 0 Å². The third kappa shape index (κ3) is 4.56. The van der Waals surface area contributed by atoms with Gasteiger partial charge in [0.2, 0.25) is 0 Å². The van der Waals surface area contributed by atoms with Gasteiger partial charge in [-0.3, -0.25) is 4.79 Å². The van der Waals surface area contributed by atoms with E-state index in [4.69, 9.17) is 4.74 Å². The fraction of sp³-hybridized carbons (Fsp3) is 0.154. The topological polar surface area (TPSA) is 55.4 Å². The van der Waals surface area contributed by atoms with E-state index >= 15 is 0 Å². The summed E-state index contributed by atoms with van der Waals surface area (Å²) in [7, 11) is 0. The second-order valence-electron chi connectivity index (χ2n) is 7.33. The Morgan fingerprint density at radius 2 is 1.65 bits per heavy atom. The summed E-state index contributed by atoms with van der Waals surface area (Å²) >= 11 is 0. The number of rotatable bonds is 7. The number of aldehydes is 1. The number of nitrogens with one attached hydrogen (secondary N) is 1. The molecule has 0 unspecified atom stereocenters. The number of carbonyl (C=O) groups excluding carboxylic acids is 2. The molecule has 4 nitrogen and oxygen atoms in total. The molecule has 4 rings (SSSR count). The van der Waals surface area contributed by atoms with Crippen LogP contribution in [-0.2, 0) is 4.74 Å². The van der Waals surface area contributed by atoms with Crippen molar-refractivity contribution in [3.05, 3.63) is 101 Å². The SMILES string of the molecule is O=Cc1ccc(F)cc1C=CCCNC(=O)OCC1c2ccccc2-c2ccccc21. The molecule has 5 heteroatoms. The molecule has 0 atom stereocenters. The number of halogens is 1. The average Bonchev–Trinajstić information content (AvgIpc) is 3.11. The average molecular weight is 415 g/mol. The van der Waals surface area contributed by atoms with Gasteiger partial charge in [0.1, 0.15) is 12.4 Å².